The summed E-state index contributed by atoms with van der Waals surface area (Å²) >= 11 is 0. The first kappa shape index (κ1) is 14.2. The quantitative estimate of drug-likeness (QED) is 0.626. The Morgan fingerprint density at radius 2 is 2.08 bits per heavy atom. The van der Waals surface area contributed by atoms with Crippen molar-refractivity contribution in [3.63, 3.8) is 0 Å². The van der Waals surface area contributed by atoms with Crippen LogP contribution in [0.15, 0.2) is 65.6 Å². The summed E-state index contributed by atoms with van der Waals surface area (Å²) in [6, 6.07) is 13.3. The van der Waals surface area contributed by atoms with Gasteiger partial charge in [-0.2, -0.15) is 5.10 Å². The van der Waals surface area contributed by atoms with Crippen LogP contribution in [0, 0.1) is 0 Å². The second-order valence-electron chi connectivity index (χ2n) is 5.41. The standard InChI is InChI=1S/C18H14N4O2/c1-12(23)20-15-4-2-3-13(9-15)16-5-6-18-19-10-17(22(18)21-16)14-7-8-24-11-14/h2-11H,1H3,(H,20,23). The summed E-state index contributed by atoms with van der Waals surface area (Å²) < 4.78 is 6.93. The van der Waals surface area contributed by atoms with Gasteiger partial charge in [-0.15, -0.1) is 0 Å². The average molecular weight is 318 g/mol. The minimum absolute atomic E-state index is 0.104. The van der Waals surface area contributed by atoms with E-state index in [1.807, 2.05) is 42.5 Å². The number of anilines is 1. The number of hydrogen-bond acceptors (Lipinski definition) is 4. The number of carbonyl (C=O) groups is 1. The summed E-state index contributed by atoms with van der Waals surface area (Å²) in [4.78, 5) is 15.6. The molecular weight excluding hydrogens is 304 g/mol. The smallest absolute Gasteiger partial charge is 0.221 e. The van der Waals surface area contributed by atoms with Crippen molar-refractivity contribution in [3.8, 4) is 22.5 Å². The Bertz CT molecular complexity index is 1020. The summed E-state index contributed by atoms with van der Waals surface area (Å²) in [5.74, 6) is -0.104. The fraction of sp³-hybridized carbons (Fsp3) is 0.0556. The van der Waals surface area contributed by atoms with E-state index in [-0.39, 0.29) is 5.91 Å². The molecule has 0 bridgehead atoms. The maximum Gasteiger partial charge on any atom is 0.221 e. The van der Waals surface area contributed by atoms with E-state index in [0.717, 1.165) is 33.8 Å². The molecule has 1 aromatic carbocycles. The van der Waals surface area contributed by atoms with Crippen molar-refractivity contribution < 1.29 is 9.21 Å². The van der Waals surface area contributed by atoms with Crippen LogP contribution in [0.2, 0.25) is 0 Å². The molecule has 0 saturated carbocycles. The van der Waals surface area contributed by atoms with E-state index in [9.17, 15) is 4.79 Å². The number of nitrogens with zero attached hydrogens (tertiary/aromatic N) is 3. The molecule has 118 valence electrons. The molecule has 0 radical (unpaired) electrons. The highest BCUT2D eigenvalue weighted by Gasteiger charge is 2.10. The Hall–Kier alpha value is -3.41. The third kappa shape index (κ3) is 2.54. The number of imidazole rings is 1. The Balaban J connectivity index is 1.80. The third-order valence-electron chi connectivity index (χ3n) is 3.66. The monoisotopic (exact) mass is 318 g/mol. The minimum Gasteiger partial charge on any atom is -0.472 e. The lowest BCUT2D eigenvalue weighted by molar-refractivity contribution is -0.114. The average Bonchev–Trinajstić information content (AvgIpc) is 3.23. The van der Waals surface area contributed by atoms with Crippen LogP contribution >= 0.6 is 0 Å². The number of fused-ring (bicyclic) bond motifs is 1. The van der Waals surface area contributed by atoms with E-state index in [1.165, 1.54) is 6.92 Å². The van der Waals surface area contributed by atoms with Crippen molar-refractivity contribution in [1.29, 1.82) is 0 Å². The van der Waals surface area contributed by atoms with Gasteiger partial charge in [0.15, 0.2) is 5.65 Å². The van der Waals surface area contributed by atoms with Gasteiger partial charge in [-0.25, -0.2) is 9.50 Å². The third-order valence-corrected chi connectivity index (χ3v) is 3.66. The van der Waals surface area contributed by atoms with E-state index < -0.39 is 0 Å². The number of nitrogens with one attached hydrogen (secondary N) is 1. The Morgan fingerprint density at radius 3 is 2.88 bits per heavy atom. The number of furan rings is 1. The number of amides is 1. The first-order valence-electron chi connectivity index (χ1n) is 7.46. The van der Waals surface area contributed by atoms with Crippen molar-refractivity contribution in [3.05, 3.63) is 61.2 Å². The lowest BCUT2D eigenvalue weighted by atomic mass is 10.1. The van der Waals surface area contributed by atoms with E-state index in [2.05, 4.69) is 15.4 Å². The van der Waals surface area contributed by atoms with Gasteiger partial charge < -0.3 is 9.73 Å². The maximum atomic E-state index is 11.2. The van der Waals surface area contributed by atoms with Gasteiger partial charge in [0.1, 0.15) is 0 Å². The van der Waals surface area contributed by atoms with Crippen LogP contribution in [0.5, 0.6) is 0 Å². The number of hydrogen-bond donors (Lipinski definition) is 1. The molecule has 0 unspecified atom stereocenters. The molecule has 1 amide bonds. The molecule has 24 heavy (non-hydrogen) atoms. The molecule has 0 spiro atoms. The summed E-state index contributed by atoms with van der Waals surface area (Å²) in [5.41, 5.74) is 4.97. The lowest BCUT2D eigenvalue weighted by Gasteiger charge is -2.06. The fourth-order valence-corrected chi connectivity index (χ4v) is 2.59. The fourth-order valence-electron chi connectivity index (χ4n) is 2.59. The zero-order valence-corrected chi connectivity index (χ0v) is 12.9. The van der Waals surface area contributed by atoms with Crippen LogP contribution in [-0.2, 0) is 4.79 Å². The van der Waals surface area contributed by atoms with Crippen LogP contribution < -0.4 is 5.32 Å². The molecule has 4 aromatic rings. The summed E-state index contributed by atoms with van der Waals surface area (Å²) in [7, 11) is 0. The molecule has 0 fully saturated rings. The molecule has 0 aliphatic carbocycles. The van der Waals surface area contributed by atoms with Crippen molar-refractivity contribution in [2.24, 2.45) is 0 Å². The molecule has 3 heterocycles. The van der Waals surface area contributed by atoms with Gasteiger partial charge in [0, 0.05) is 23.7 Å². The van der Waals surface area contributed by atoms with Crippen molar-refractivity contribution in [2.75, 3.05) is 5.32 Å². The molecule has 6 nitrogen and oxygen atoms in total. The Morgan fingerprint density at radius 1 is 1.17 bits per heavy atom. The summed E-state index contributed by atoms with van der Waals surface area (Å²) in [6.07, 6.45) is 5.05. The van der Waals surface area contributed by atoms with Gasteiger partial charge in [-0.3, -0.25) is 4.79 Å². The zero-order valence-electron chi connectivity index (χ0n) is 12.9. The minimum atomic E-state index is -0.104. The Labute approximate surface area is 137 Å². The Kier molecular flexibility index (Phi) is 3.35. The van der Waals surface area contributed by atoms with Gasteiger partial charge in [0.25, 0.3) is 0 Å². The summed E-state index contributed by atoms with van der Waals surface area (Å²) in [5, 5.41) is 7.46. The molecule has 1 N–H and O–H groups in total. The van der Waals surface area contributed by atoms with Crippen LogP contribution in [0.4, 0.5) is 5.69 Å². The van der Waals surface area contributed by atoms with Crippen molar-refractivity contribution in [2.45, 2.75) is 6.92 Å². The highest BCUT2D eigenvalue weighted by molar-refractivity contribution is 5.89. The SMILES string of the molecule is CC(=O)Nc1cccc(-c2ccc3ncc(-c4ccoc4)n3n2)c1. The van der Waals surface area contributed by atoms with Gasteiger partial charge in [0.05, 0.1) is 30.1 Å². The normalized spacial score (nSPS) is 10.9. The topological polar surface area (TPSA) is 72.4 Å². The molecule has 0 aliphatic heterocycles. The van der Waals surface area contributed by atoms with Crippen LogP contribution in [0.1, 0.15) is 6.92 Å². The first-order valence-corrected chi connectivity index (χ1v) is 7.46. The molecule has 0 atom stereocenters. The van der Waals surface area contributed by atoms with E-state index >= 15 is 0 Å². The second kappa shape index (κ2) is 5.66. The molecule has 3 aromatic heterocycles. The van der Waals surface area contributed by atoms with E-state index in [0.29, 0.717) is 0 Å². The van der Waals surface area contributed by atoms with E-state index in [4.69, 9.17) is 4.42 Å². The molecule has 0 saturated heterocycles. The van der Waals surface area contributed by atoms with Crippen molar-refractivity contribution >= 4 is 17.2 Å². The number of carbonyl (C=O) groups excluding carboxylic acids is 1. The molecule has 0 aliphatic rings. The predicted octanol–water partition coefficient (Wildman–Crippen LogP) is 3.61. The highest BCUT2D eigenvalue weighted by atomic mass is 16.3. The molecule has 6 heteroatoms. The number of benzene rings is 1. The van der Waals surface area contributed by atoms with E-state index in [1.54, 1.807) is 23.2 Å². The maximum absolute atomic E-state index is 11.2. The molecular formula is C18H14N4O2. The van der Waals surface area contributed by atoms with Gasteiger partial charge >= 0.3 is 0 Å². The lowest BCUT2D eigenvalue weighted by Crippen LogP contribution is -2.05. The summed E-state index contributed by atoms with van der Waals surface area (Å²) in [6.45, 7) is 1.49. The molecule has 4 rings (SSSR count). The van der Waals surface area contributed by atoms with Crippen LogP contribution in [0.25, 0.3) is 28.2 Å². The van der Waals surface area contributed by atoms with Crippen LogP contribution in [-0.4, -0.2) is 20.5 Å². The van der Waals surface area contributed by atoms with Gasteiger partial charge in [-0.05, 0) is 30.3 Å². The zero-order chi connectivity index (χ0) is 16.5. The highest BCUT2D eigenvalue weighted by Crippen LogP contribution is 2.24. The first-order chi connectivity index (χ1) is 11.7. The predicted molar refractivity (Wildman–Crippen MR) is 90.4 cm³/mol. The van der Waals surface area contributed by atoms with Crippen molar-refractivity contribution in [1.82, 2.24) is 14.6 Å². The van der Waals surface area contributed by atoms with Gasteiger partial charge in [0.2, 0.25) is 5.91 Å². The largest absolute Gasteiger partial charge is 0.472 e. The number of rotatable bonds is 3. The van der Waals surface area contributed by atoms with Gasteiger partial charge in [-0.1, -0.05) is 12.1 Å². The number of aromatic nitrogens is 3. The van der Waals surface area contributed by atoms with Crippen LogP contribution in [0.3, 0.4) is 0 Å². The second-order valence-corrected chi connectivity index (χ2v) is 5.41.